The van der Waals surface area contributed by atoms with Crippen molar-refractivity contribution in [2.24, 2.45) is 0 Å². The van der Waals surface area contributed by atoms with Gasteiger partial charge in [-0.1, -0.05) is 6.07 Å². The zero-order chi connectivity index (χ0) is 12.7. The largest absolute Gasteiger partial charge is 0.467 e. The topological polar surface area (TPSA) is 68.3 Å². The fraction of sp³-hybridized carbons (Fsp3) is 0.417. The third kappa shape index (κ3) is 4.63. The number of nitrogens with one attached hydrogen (secondary N) is 1. The average molecular weight is 236 g/mol. The van der Waals surface area contributed by atoms with Crippen LogP contribution in [0.15, 0.2) is 24.4 Å². The molecule has 1 aromatic heterocycles. The molecule has 0 aliphatic carbocycles. The second kappa shape index (κ2) is 6.62. The predicted molar refractivity (Wildman–Crippen MR) is 62.2 cm³/mol. The quantitative estimate of drug-likeness (QED) is 0.764. The van der Waals surface area contributed by atoms with Gasteiger partial charge in [0.2, 0.25) is 5.91 Å². The van der Waals surface area contributed by atoms with Crippen LogP contribution in [0, 0.1) is 0 Å². The normalized spacial score (nSPS) is 11.6. The molecule has 0 saturated carbocycles. The van der Waals surface area contributed by atoms with Crippen LogP contribution in [0.25, 0.3) is 0 Å². The van der Waals surface area contributed by atoms with E-state index in [1.807, 2.05) is 18.2 Å². The number of hydrogen-bond acceptors (Lipinski definition) is 4. The van der Waals surface area contributed by atoms with E-state index >= 15 is 0 Å². The third-order valence-corrected chi connectivity index (χ3v) is 2.27. The molecule has 0 saturated heterocycles. The summed E-state index contributed by atoms with van der Waals surface area (Å²) >= 11 is 0. The molecular weight excluding hydrogens is 220 g/mol. The van der Waals surface area contributed by atoms with Crippen LogP contribution in [0.2, 0.25) is 0 Å². The molecule has 0 fully saturated rings. The molecule has 1 rings (SSSR count). The number of amides is 1. The van der Waals surface area contributed by atoms with E-state index in [0.717, 1.165) is 5.69 Å². The zero-order valence-electron chi connectivity index (χ0n) is 9.97. The van der Waals surface area contributed by atoms with Gasteiger partial charge in [-0.05, 0) is 25.5 Å². The molecule has 1 heterocycles. The number of nitrogens with zero attached hydrogens (tertiary/aromatic N) is 1. The number of pyridine rings is 1. The SMILES string of the molecule is COC(=O)C(C)NC(=O)CCc1ccccn1. The Hall–Kier alpha value is -1.91. The molecule has 1 amide bonds. The smallest absolute Gasteiger partial charge is 0.328 e. The summed E-state index contributed by atoms with van der Waals surface area (Å²) in [6, 6.07) is 4.94. The van der Waals surface area contributed by atoms with Crippen LogP contribution in [0.3, 0.4) is 0 Å². The van der Waals surface area contributed by atoms with Crippen molar-refractivity contribution < 1.29 is 14.3 Å². The molecule has 1 N–H and O–H groups in total. The summed E-state index contributed by atoms with van der Waals surface area (Å²) in [4.78, 5) is 26.7. The number of carbonyl (C=O) groups excluding carboxylic acids is 2. The van der Waals surface area contributed by atoms with E-state index in [9.17, 15) is 9.59 Å². The minimum absolute atomic E-state index is 0.187. The van der Waals surface area contributed by atoms with E-state index in [4.69, 9.17) is 0 Å². The number of aromatic nitrogens is 1. The van der Waals surface area contributed by atoms with Crippen LogP contribution >= 0.6 is 0 Å². The van der Waals surface area contributed by atoms with Crippen molar-refractivity contribution in [1.82, 2.24) is 10.3 Å². The van der Waals surface area contributed by atoms with Crippen LogP contribution in [-0.2, 0) is 20.7 Å². The third-order valence-electron chi connectivity index (χ3n) is 2.27. The summed E-state index contributed by atoms with van der Waals surface area (Å²) in [5, 5.41) is 2.56. The molecule has 5 nitrogen and oxygen atoms in total. The van der Waals surface area contributed by atoms with Gasteiger partial charge in [0.25, 0.3) is 0 Å². The summed E-state index contributed by atoms with van der Waals surface area (Å²) in [5.74, 6) is -0.635. The van der Waals surface area contributed by atoms with Gasteiger partial charge in [0, 0.05) is 18.3 Å². The summed E-state index contributed by atoms with van der Waals surface area (Å²) in [6.07, 6.45) is 2.54. The Bertz CT molecular complexity index is 379. The lowest BCUT2D eigenvalue weighted by Crippen LogP contribution is -2.39. The van der Waals surface area contributed by atoms with Crippen molar-refractivity contribution in [3.63, 3.8) is 0 Å². The second-order valence-electron chi connectivity index (χ2n) is 3.63. The predicted octanol–water partition coefficient (Wildman–Crippen LogP) is 0.692. The highest BCUT2D eigenvalue weighted by molar-refractivity contribution is 5.84. The average Bonchev–Trinajstić information content (AvgIpc) is 2.36. The second-order valence-corrected chi connectivity index (χ2v) is 3.63. The minimum atomic E-state index is -0.615. The number of methoxy groups -OCH3 is 1. The van der Waals surface area contributed by atoms with Crippen LogP contribution in [0.1, 0.15) is 19.0 Å². The highest BCUT2D eigenvalue weighted by Crippen LogP contribution is 1.98. The Morgan fingerprint density at radius 2 is 2.24 bits per heavy atom. The Balaban J connectivity index is 2.33. The van der Waals surface area contributed by atoms with Crippen molar-refractivity contribution in [1.29, 1.82) is 0 Å². The van der Waals surface area contributed by atoms with Gasteiger partial charge in [-0.2, -0.15) is 0 Å². The van der Waals surface area contributed by atoms with E-state index in [2.05, 4.69) is 15.0 Å². The van der Waals surface area contributed by atoms with E-state index < -0.39 is 12.0 Å². The Kier molecular flexibility index (Phi) is 5.13. The highest BCUT2D eigenvalue weighted by atomic mass is 16.5. The monoisotopic (exact) mass is 236 g/mol. The molecule has 1 unspecified atom stereocenters. The van der Waals surface area contributed by atoms with Gasteiger partial charge in [0.1, 0.15) is 6.04 Å². The molecule has 0 radical (unpaired) electrons. The number of ether oxygens (including phenoxy) is 1. The first kappa shape index (κ1) is 13.2. The van der Waals surface area contributed by atoms with Crippen molar-refractivity contribution in [2.75, 3.05) is 7.11 Å². The zero-order valence-corrected chi connectivity index (χ0v) is 9.97. The molecule has 0 bridgehead atoms. The summed E-state index contributed by atoms with van der Waals surface area (Å²) < 4.78 is 4.51. The van der Waals surface area contributed by atoms with Gasteiger partial charge in [-0.3, -0.25) is 9.78 Å². The lowest BCUT2D eigenvalue weighted by atomic mass is 10.2. The molecule has 0 spiro atoms. The van der Waals surface area contributed by atoms with Crippen molar-refractivity contribution in [3.8, 4) is 0 Å². The number of rotatable bonds is 5. The fourth-order valence-corrected chi connectivity index (χ4v) is 1.34. The molecule has 1 aromatic rings. The molecule has 5 heteroatoms. The summed E-state index contributed by atoms with van der Waals surface area (Å²) in [7, 11) is 1.29. The summed E-state index contributed by atoms with van der Waals surface area (Å²) in [6.45, 7) is 1.59. The molecular formula is C12H16N2O3. The number of hydrogen-bond donors (Lipinski definition) is 1. The first-order valence-corrected chi connectivity index (χ1v) is 5.40. The van der Waals surface area contributed by atoms with E-state index in [0.29, 0.717) is 12.8 Å². The molecule has 1 atom stereocenters. The number of carbonyl (C=O) groups is 2. The van der Waals surface area contributed by atoms with Crippen LogP contribution < -0.4 is 5.32 Å². The Morgan fingerprint density at radius 1 is 1.47 bits per heavy atom. The van der Waals surface area contributed by atoms with Crippen molar-refractivity contribution in [2.45, 2.75) is 25.8 Å². The maximum absolute atomic E-state index is 11.5. The molecule has 0 aliphatic rings. The minimum Gasteiger partial charge on any atom is -0.467 e. The maximum Gasteiger partial charge on any atom is 0.328 e. The Morgan fingerprint density at radius 3 is 2.82 bits per heavy atom. The van der Waals surface area contributed by atoms with Gasteiger partial charge in [-0.15, -0.1) is 0 Å². The molecule has 17 heavy (non-hydrogen) atoms. The Labute approximate surface area is 100 Å². The van der Waals surface area contributed by atoms with Crippen LogP contribution in [0.4, 0.5) is 0 Å². The van der Waals surface area contributed by atoms with Crippen LogP contribution in [0.5, 0.6) is 0 Å². The lowest BCUT2D eigenvalue weighted by Gasteiger charge is -2.11. The molecule has 92 valence electrons. The van der Waals surface area contributed by atoms with Gasteiger partial charge in [0.15, 0.2) is 0 Å². The van der Waals surface area contributed by atoms with Crippen LogP contribution in [-0.4, -0.2) is 30.0 Å². The fourth-order valence-electron chi connectivity index (χ4n) is 1.34. The standard InChI is InChI=1S/C12H16N2O3/c1-9(12(16)17-2)14-11(15)7-6-10-5-3-4-8-13-10/h3-5,8-9H,6-7H2,1-2H3,(H,14,15). The summed E-state index contributed by atoms with van der Waals surface area (Å²) in [5.41, 5.74) is 0.855. The lowest BCUT2D eigenvalue weighted by molar-refractivity contribution is -0.144. The molecule has 0 aromatic carbocycles. The number of aryl methyl sites for hydroxylation is 1. The van der Waals surface area contributed by atoms with Crippen molar-refractivity contribution >= 4 is 11.9 Å². The highest BCUT2D eigenvalue weighted by Gasteiger charge is 2.15. The van der Waals surface area contributed by atoms with E-state index in [1.54, 1.807) is 13.1 Å². The maximum atomic E-state index is 11.5. The molecule has 0 aliphatic heterocycles. The number of esters is 1. The van der Waals surface area contributed by atoms with Crippen molar-refractivity contribution in [3.05, 3.63) is 30.1 Å². The van der Waals surface area contributed by atoms with Gasteiger partial charge in [-0.25, -0.2) is 4.79 Å². The van der Waals surface area contributed by atoms with Gasteiger partial charge >= 0.3 is 5.97 Å². The first-order valence-electron chi connectivity index (χ1n) is 5.40. The van der Waals surface area contributed by atoms with E-state index in [1.165, 1.54) is 7.11 Å². The van der Waals surface area contributed by atoms with E-state index in [-0.39, 0.29) is 5.91 Å². The van der Waals surface area contributed by atoms with Gasteiger partial charge < -0.3 is 10.1 Å². The van der Waals surface area contributed by atoms with Gasteiger partial charge in [0.05, 0.1) is 7.11 Å². The first-order chi connectivity index (χ1) is 8.13.